The van der Waals surface area contributed by atoms with E-state index in [0.29, 0.717) is 12.8 Å². The minimum absolute atomic E-state index is 0.452. The molecular formula is C15H21NO5S. The highest BCUT2D eigenvalue weighted by molar-refractivity contribution is 7.85. The lowest BCUT2D eigenvalue weighted by Crippen LogP contribution is -2.40. The van der Waals surface area contributed by atoms with Gasteiger partial charge in [-0.25, -0.2) is 8.98 Å². The number of carbonyl (C=O) groups is 1. The Morgan fingerprint density at radius 3 is 2.50 bits per heavy atom. The van der Waals surface area contributed by atoms with E-state index in [0.717, 1.165) is 5.56 Å². The van der Waals surface area contributed by atoms with Crippen LogP contribution in [0.1, 0.15) is 32.8 Å². The fourth-order valence-corrected chi connectivity index (χ4v) is 3.37. The first-order chi connectivity index (χ1) is 10.2. The molecule has 1 heterocycles. The molecule has 1 fully saturated rings. The second-order valence-corrected chi connectivity index (χ2v) is 7.59. The van der Waals surface area contributed by atoms with Gasteiger partial charge >= 0.3 is 16.3 Å². The average molecular weight is 327 g/mol. The third kappa shape index (κ3) is 4.79. The zero-order valence-electron chi connectivity index (χ0n) is 12.9. The van der Waals surface area contributed by atoms with Crippen molar-refractivity contribution in [2.45, 2.75) is 51.4 Å². The SMILES string of the molecule is CC(C)(C)OC(=O)[C@H]1OS(=O)(=O)N[C@H]1CCc1ccccc1. The lowest BCUT2D eigenvalue weighted by Gasteiger charge is -2.23. The average Bonchev–Trinajstić information content (AvgIpc) is 2.71. The number of hydrogen-bond donors (Lipinski definition) is 1. The van der Waals surface area contributed by atoms with Gasteiger partial charge in [0.2, 0.25) is 0 Å². The molecule has 1 aromatic rings. The summed E-state index contributed by atoms with van der Waals surface area (Å²) in [4.78, 5) is 12.1. The van der Waals surface area contributed by atoms with Gasteiger partial charge < -0.3 is 4.74 Å². The number of aryl methyl sites for hydroxylation is 1. The van der Waals surface area contributed by atoms with E-state index >= 15 is 0 Å². The maximum atomic E-state index is 12.1. The van der Waals surface area contributed by atoms with Crippen LogP contribution in [-0.2, 0) is 30.4 Å². The predicted molar refractivity (Wildman–Crippen MR) is 81.3 cm³/mol. The highest BCUT2D eigenvalue weighted by atomic mass is 32.2. The predicted octanol–water partition coefficient (Wildman–Crippen LogP) is 1.56. The number of nitrogens with one attached hydrogen (secondary N) is 1. The summed E-state index contributed by atoms with van der Waals surface area (Å²) in [6.45, 7) is 5.17. The highest BCUT2D eigenvalue weighted by Crippen LogP contribution is 2.21. The molecule has 1 aromatic carbocycles. The van der Waals surface area contributed by atoms with Crippen LogP contribution >= 0.6 is 0 Å². The Morgan fingerprint density at radius 2 is 1.91 bits per heavy atom. The molecule has 0 amide bonds. The van der Waals surface area contributed by atoms with Crippen LogP contribution in [0.3, 0.4) is 0 Å². The van der Waals surface area contributed by atoms with Gasteiger partial charge in [-0.3, -0.25) is 0 Å². The van der Waals surface area contributed by atoms with Gasteiger partial charge in [-0.1, -0.05) is 30.3 Å². The van der Waals surface area contributed by atoms with E-state index in [-0.39, 0.29) is 0 Å². The third-order valence-electron chi connectivity index (χ3n) is 3.12. The Balaban J connectivity index is 2.05. The number of esters is 1. The summed E-state index contributed by atoms with van der Waals surface area (Å²) in [6.07, 6.45) is -0.0583. The molecular weight excluding hydrogens is 306 g/mol. The van der Waals surface area contributed by atoms with Crippen LogP contribution < -0.4 is 4.72 Å². The summed E-state index contributed by atoms with van der Waals surface area (Å²) in [5.74, 6) is -0.667. The zero-order valence-corrected chi connectivity index (χ0v) is 13.7. The van der Waals surface area contributed by atoms with Gasteiger partial charge in [0.25, 0.3) is 0 Å². The molecule has 1 aliphatic rings. The Kier molecular flexibility index (Phi) is 4.89. The zero-order chi connectivity index (χ0) is 16.4. The Bertz CT molecular complexity index is 621. The van der Waals surface area contributed by atoms with Crippen molar-refractivity contribution in [2.75, 3.05) is 0 Å². The monoisotopic (exact) mass is 327 g/mol. The molecule has 0 spiro atoms. The van der Waals surface area contributed by atoms with E-state index in [1.54, 1.807) is 20.8 Å². The molecule has 1 aliphatic heterocycles. The number of benzene rings is 1. The van der Waals surface area contributed by atoms with E-state index in [4.69, 9.17) is 8.92 Å². The number of carbonyl (C=O) groups excluding carboxylic acids is 1. The van der Waals surface area contributed by atoms with Crippen molar-refractivity contribution in [3.05, 3.63) is 35.9 Å². The quantitative estimate of drug-likeness (QED) is 0.849. The Hall–Kier alpha value is -1.44. The van der Waals surface area contributed by atoms with Gasteiger partial charge in [-0.2, -0.15) is 13.1 Å². The molecule has 0 bridgehead atoms. The summed E-state index contributed by atoms with van der Waals surface area (Å²) in [6, 6.07) is 9.01. The second kappa shape index (κ2) is 6.36. The standard InChI is InChI=1S/C15H21NO5S/c1-15(2,3)20-14(17)13-12(16-22(18,19)21-13)10-9-11-7-5-4-6-8-11/h4-8,12-13,16H,9-10H2,1-3H3/t12-,13-/m0/s1. The van der Waals surface area contributed by atoms with Gasteiger partial charge in [0.05, 0.1) is 6.04 Å². The molecule has 6 nitrogen and oxygen atoms in total. The van der Waals surface area contributed by atoms with E-state index in [1.165, 1.54) is 0 Å². The van der Waals surface area contributed by atoms with E-state index in [9.17, 15) is 13.2 Å². The number of rotatable bonds is 4. The lowest BCUT2D eigenvalue weighted by atomic mass is 10.0. The summed E-state index contributed by atoms with van der Waals surface area (Å²) in [7, 11) is -3.90. The van der Waals surface area contributed by atoms with Crippen LogP contribution in [0, 0.1) is 0 Å². The lowest BCUT2D eigenvalue weighted by molar-refractivity contribution is -0.163. The van der Waals surface area contributed by atoms with Crippen molar-refractivity contribution in [3.63, 3.8) is 0 Å². The van der Waals surface area contributed by atoms with Crippen LogP contribution in [0.5, 0.6) is 0 Å². The summed E-state index contributed by atoms with van der Waals surface area (Å²) in [5, 5.41) is 0. The van der Waals surface area contributed by atoms with Crippen molar-refractivity contribution in [1.29, 1.82) is 0 Å². The molecule has 0 saturated carbocycles. The topological polar surface area (TPSA) is 81.7 Å². The number of hydrogen-bond acceptors (Lipinski definition) is 5. The minimum Gasteiger partial charge on any atom is -0.458 e. The highest BCUT2D eigenvalue weighted by Gasteiger charge is 2.44. The molecule has 2 atom stereocenters. The first kappa shape index (κ1) is 16.9. The molecule has 0 aromatic heterocycles. The second-order valence-electron chi connectivity index (χ2n) is 6.25. The van der Waals surface area contributed by atoms with Crippen LogP contribution in [0.2, 0.25) is 0 Å². The van der Waals surface area contributed by atoms with Crippen molar-refractivity contribution in [1.82, 2.24) is 4.72 Å². The molecule has 122 valence electrons. The molecule has 22 heavy (non-hydrogen) atoms. The molecule has 1 N–H and O–H groups in total. The van der Waals surface area contributed by atoms with E-state index < -0.39 is 34.0 Å². The summed E-state index contributed by atoms with van der Waals surface area (Å²) >= 11 is 0. The van der Waals surface area contributed by atoms with Crippen LogP contribution in [0.4, 0.5) is 0 Å². The molecule has 0 aliphatic carbocycles. The minimum atomic E-state index is -3.90. The molecule has 0 unspecified atom stereocenters. The molecule has 7 heteroatoms. The van der Waals surface area contributed by atoms with Crippen molar-refractivity contribution >= 4 is 16.3 Å². The fourth-order valence-electron chi connectivity index (χ4n) is 2.22. The van der Waals surface area contributed by atoms with Gasteiger partial charge in [-0.15, -0.1) is 0 Å². The largest absolute Gasteiger partial charge is 0.458 e. The van der Waals surface area contributed by atoms with Gasteiger partial charge in [0.15, 0.2) is 6.10 Å². The maximum Gasteiger partial charge on any atom is 0.339 e. The van der Waals surface area contributed by atoms with E-state index in [1.807, 2.05) is 30.3 Å². The summed E-state index contributed by atoms with van der Waals surface area (Å²) < 4.78 is 35.6. The summed E-state index contributed by atoms with van der Waals surface area (Å²) in [5.41, 5.74) is 0.369. The molecule has 1 saturated heterocycles. The van der Waals surface area contributed by atoms with Gasteiger partial charge in [-0.05, 0) is 39.2 Å². The fraction of sp³-hybridized carbons (Fsp3) is 0.533. The van der Waals surface area contributed by atoms with Gasteiger partial charge in [0, 0.05) is 0 Å². The van der Waals surface area contributed by atoms with Crippen molar-refractivity contribution in [3.8, 4) is 0 Å². The third-order valence-corrected chi connectivity index (χ3v) is 4.17. The van der Waals surface area contributed by atoms with E-state index in [2.05, 4.69) is 4.72 Å². The van der Waals surface area contributed by atoms with Gasteiger partial charge in [0.1, 0.15) is 5.60 Å². The smallest absolute Gasteiger partial charge is 0.339 e. The van der Waals surface area contributed by atoms with Crippen molar-refractivity contribution < 1.29 is 22.1 Å². The van der Waals surface area contributed by atoms with Crippen LogP contribution in [-0.4, -0.2) is 32.1 Å². The Morgan fingerprint density at radius 1 is 1.27 bits per heavy atom. The van der Waals surface area contributed by atoms with Crippen molar-refractivity contribution in [2.24, 2.45) is 0 Å². The van der Waals surface area contributed by atoms with Crippen LogP contribution in [0.25, 0.3) is 0 Å². The maximum absolute atomic E-state index is 12.1. The Labute approximate surface area is 131 Å². The molecule has 2 rings (SSSR count). The molecule has 0 radical (unpaired) electrons. The van der Waals surface area contributed by atoms with Crippen LogP contribution in [0.15, 0.2) is 30.3 Å². The number of ether oxygens (including phenoxy) is 1. The first-order valence-electron chi connectivity index (χ1n) is 7.14. The normalized spacial score (nSPS) is 24.1. The first-order valence-corrected chi connectivity index (χ1v) is 8.54.